The average Bonchev–Trinajstić information content (AvgIpc) is 3.10. The monoisotopic (exact) mass is 438 g/mol. The van der Waals surface area contributed by atoms with Crippen molar-refractivity contribution in [3.63, 3.8) is 0 Å². The van der Waals surface area contributed by atoms with Gasteiger partial charge in [0.05, 0.1) is 13.0 Å². The van der Waals surface area contributed by atoms with Gasteiger partial charge in [0.25, 0.3) is 0 Å². The molecule has 5 amide bonds. The summed E-state index contributed by atoms with van der Waals surface area (Å²) in [5.41, 5.74) is 1.93. The van der Waals surface area contributed by atoms with Gasteiger partial charge in [0.1, 0.15) is 13.2 Å². The largest absolute Gasteiger partial charge is 0.486 e. The molecule has 0 aliphatic carbocycles. The van der Waals surface area contributed by atoms with E-state index in [-0.39, 0.29) is 43.7 Å². The molecule has 0 bridgehead atoms. The Labute approximate surface area is 183 Å². The zero-order valence-electron chi connectivity index (χ0n) is 17.2. The highest BCUT2D eigenvalue weighted by atomic mass is 16.6. The van der Waals surface area contributed by atoms with Gasteiger partial charge in [0, 0.05) is 24.3 Å². The molecular weight excluding hydrogens is 416 g/mol. The van der Waals surface area contributed by atoms with Gasteiger partial charge in [-0.2, -0.15) is 0 Å². The van der Waals surface area contributed by atoms with E-state index in [1.54, 1.807) is 36.4 Å². The molecule has 0 spiro atoms. The van der Waals surface area contributed by atoms with Crippen molar-refractivity contribution in [3.8, 4) is 11.5 Å². The fourth-order valence-corrected chi connectivity index (χ4v) is 3.34. The fraction of sp³-hybridized carbons (Fsp3) is 0.273. The highest BCUT2D eigenvalue weighted by Gasteiger charge is 2.28. The molecular formula is C22H22N4O6. The number of imide groups is 1. The topological polar surface area (TPSA) is 126 Å². The third-order valence-electron chi connectivity index (χ3n) is 4.92. The van der Waals surface area contributed by atoms with Crippen LogP contribution in [0.2, 0.25) is 0 Å². The van der Waals surface area contributed by atoms with Crippen LogP contribution in [0.3, 0.4) is 0 Å². The molecule has 1 fully saturated rings. The van der Waals surface area contributed by atoms with E-state index in [4.69, 9.17) is 9.47 Å². The lowest BCUT2D eigenvalue weighted by molar-refractivity contribution is -0.125. The van der Waals surface area contributed by atoms with Crippen LogP contribution in [0.1, 0.15) is 12.0 Å². The molecule has 3 N–H and O–H groups in total. The van der Waals surface area contributed by atoms with Gasteiger partial charge < -0.3 is 25.4 Å². The van der Waals surface area contributed by atoms with Crippen molar-refractivity contribution in [2.24, 2.45) is 0 Å². The Morgan fingerprint density at radius 3 is 2.22 bits per heavy atom. The molecule has 0 radical (unpaired) electrons. The minimum absolute atomic E-state index is 0.00677. The second-order valence-electron chi connectivity index (χ2n) is 7.28. The standard InChI is InChI=1S/C22H22N4O6/c27-19(7-8-26-21(29)13-23-22(26)30)24-15-2-4-16(5-3-15)25-20(28)12-14-1-6-17-18(11-14)32-10-9-31-17/h1-6,11H,7-10,12-13H2,(H,23,30)(H,24,27)(H,25,28). The van der Waals surface area contributed by atoms with Crippen LogP contribution in [0.4, 0.5) is 16.2 Å². The number of hydrogen-bond donors (Lipinski definition) is 3. The number of benzene rings is 2. The molecule has 32 heavy (non-hydrogen) atoms. The van der Waals surface area contributed by atoms with Crippen LogP contribution in [0.5, 0.6) is 11.5 Å². The molecule has 2 aromatic carbocycles. The van der Waals surface area contributed by atoms with Gasteiger partial charge in [-0.3, -0.25) is 19.3 Å². The molecule has 0 saturated carbocycles. The van der Waals surface area contributed by atoms with Gasteiger partial charge >= 0.3 is 6.03 Å². The molecule has 2 aliphatic rings. The Morgan fingerprint density at radius 1 is 0.906 bits per heavy atom. The van der Waals surface area contributed by atoms with Crippen molar-refractivity contribution in [2.75, 3.05) is 36.9 Å². The number of anilines is 2. The Kier molecular flexibility index (Phi) is 6.20. The second-order valence-corrected chi connectivity index (χ2v) is 7.28. The molecule has 10 heteroatoms. The first kappa shape index (κ1) is 21.2. The molecule has 4 rings (SSSR count). The summed E-state index contributed by atoms with van der Waals surface area (Å²) in [7, 11) is 0. The minimum atomic E-state index is -0.487. The lowest BCUT2D eigenvalue weighted by Gasteiger charge is -2.18. The van der Waals surface area contributed by atoms with Gasteiger partial charge in [0.15, 0.2) is 11.5 Å². The molecule has 2 aliphatic heterocycles. The smallest absolute Gasteiger partial charge is 0.324 e. The Hall–Kier alpha value is -4.08. The van der Waals surface area contributed by atoms with Gasteiger partial charge in [-0.25, -0.2) is 4.79 Å². The van der Waals surface area contributed by atoms with Crippen LogP contribution in [0, 0.1) is 0 Å². The summed E-state index contributed by atoms with van der Waals surface area (Å²) in [6.07, 6.45) is 0.172. The Morgan fingerprint density at radius 2 is 1.56 bits per heavy atom. The maximum Gasteiger partial charge on any atom is 0.324 e. The van der Waals surface area contributed by atoms with E-state index in [1.807, 2.05) is 6.07 Å². The van der Waals surface area contributed by atoms with Crippen molar-refractivity contribution >= 4 is 35.1 Å². The number of fused-ring (bicyclic) bond motifs is 1. The quantitative estimate of drug-likeness (QED) is 0.563. The Balaban J connectivity index is 1.25. The number of carbonyl (C=O) groups excluding carboxylic acids is 4. The van der Waals surface area contributed by atoms with E-state index < -0.39 is 6.03 Å². The molecule has 166 valence electrons. The molecule has 10 nitrogen and oxygen atoms in total. The van der Waals surface area contributed by atoms with Crippen LogP contribution in [-0.4, -0.2) is 55.0 Å². The molecule has 2 aromatic rings. The molecule has 1 saturated heterocycles. The number of carbonyl (C=O) groups is 4. The first-order valence-corrected chi connectivity index (χ1v) is 10.1. The first-order chi connectivity index (χ1) is 15.5. The highest BCUT2D eigenvalue weighted by Crippen LogP contribution is 2.31. The minimum Gasteiger partial charge on any atom is -0.486 e. The summed E-state index contributed by atoms with van der Waals surface area (Å²) in [4.78, 5) is 48.5. The number of hydrogen-bond acceptors (Lipinski definition) is 6. The summed E-state index contributed by atoms with van der Waals surface area (Å²) in [6.45, 7) is 0.975. The molecule has 0 atom stereocenters. The summed E-state index contributed by atoms with van der Waals surface area (Å²) < 4.78 is 11.0. The maximum atomic E-state index is 12.4. The summed E-state index contributed by atoms with van der Waals surface area (Å²) in [5, 5.41) is 7.91. The predicted molar refractivity (Wildman–Crippen MR) is 115 cm³/mol. The zero-order chi connectivity index (χ0) is 22.5. The van der Waals surface area contributed by atoms with Crippen molar-refractivity contribution in [2.45, 2.75) is 12.8 Å². The SMILES string of the molecule is O=C(CCN1C(=O)CNC1=O)Nc1ccc(NC(=O)Cc2ccc3c(c2)OCCO3)cc1. The van der Waals surface area contributed by atoms with Gasteiger partial charge in [-0.05, 0) is 42.0 Å². The van der Waals surface area contributed by atoms with Crippen LogP contribution >= 0.6 is 0 Å². The fourth-order valence-electron chi connectivity index (χ4n) is 3.34. The van der Waals surface area contributed by atoms with Gasteiger partial charge in [0.2, 0.25) is 17.7 Å². The van der Waals surface area contributed by atoms with Crippen LogP contribution in [0.15, 0.2) is 42.5 Å². The maximum absolute atomic E-state index is 12.4. The van der Waals surface area contributed by atoms with E-state index >= 15 is 0 Å². The third-order valence-corrected chi connectivity index (χ3v) is 4.92. The van der Waals surface area contributed by atoms with E-state index in [2.05, 4.69) is 16.0 Å². The highest BCUT2D eigenvalue weighted by molar-refractivity contribution is 6.02. The van der Waals surface area contributed by atoms with Crippen LogP contribution < -0.4 is 25.4 Å². The van der Waals surface area contributed by atoms with Gasteiger partial charge in [-0.15, -0.1) is 0 Å². The van der Waals surface area contributed by atoms with Crippen molar-refractivity contribution < 1.29 is 28.7 Å². The number of nitrogens with zero attached hydrogens (tertiary/aromatic N) is 1. The summed E-state index contributed by atoms with van der Waals surface area (Å²) in [5.74, 6) is 0.448. The number of rotatable bonds is 7. The Bertz CT molecular complexity index is 1040. The number of urea groups is 1. The number of nitrogens with one attached hydrogen (secondary N) is 3. The lowest BCUT2D eigenvalue weighted by Crippen LogP contribution is -2.33. The average molecular weight is 438 g/mol. The first-order valence-electron chi connectivity index (χ1n) is 10.1. The van der Waals surface area contributed by atoms with Crippen LogP contribution in [0.25, 0.3) is 0 Å². The third kappa shape index (κ3) is 5.15. The molecule has 0 aromatic heterocycles. The van der Waals surface area contributed by atoms with E-state index in [0.717, 1.165) is 10.5 Å². The number of amides is 5. The summed E-state index contributed by atoms with van der Waals surface area (Å²) in [6, 6.07) is 11.6. The van der Waals surface area contributed by atoms with E-state index in [1.165, 1.54) is 0 Å². The van der Waals surface area contributed by atoms with Gasteiger partial charge in [-0.1, -0.05) is 6.07 Å². The number of ether oxygens (including phenoxy) is 2. The van der Waals surface area contributed by atoms with Crippen LogP contribution in [-0.2, 0) is 20.8 Å². The van der Waals surface area contributed by atoms with Crippen molar-refractivity contribution in [3.05, 3.63) is 48.0 Å². The van der Waals surface area contributed by atoms with Crippen molar-refractivity contribution in [1.29, 1.82) is 0 Å². The molecule has 2 heterocycles. The normalized spacial score (nSPS) is 14.7. The summed E-state index contributed by atoms with van der Waals surface area (Å²) >= 11 is 0. The zero-order valence-corrected chi connectivity index (χ0v) is 17.2. The van der Waals surface area contributed by atoms with E-state index in [0.29, 0.717) is 36.1 Å². The predicted octanol–water partition coefficient (Wildman–Crippen LogP) is 1.52. The lowest BCUT2D eigenvalue weighted by atomic mass is 10.1. The molecule has 0 unspecified atom stereocenters. The van der Waals surface area contributed by atoms with E-state index in [9.17, 15) is 19.2 Å². The second kappa shape index (κ2) is 9.38. The van der Waals surface area contributed by atoms with Crippen molar-refractivity contribution in [1.82, 2.24) is 10.2 Å².